The standard InChI is InChI=1S/C13H10F3NO2.C4H6.C2H6/c1-7-5-11(13(14,15)16)10-4-3-9(17-8(2)18)6-12(10)19-7;1-3-4-2;1-2/h3-6H,1H2,2H3,(H,17,18);3-4H,1-2H2;1-2H3. The Morgan fingerprint density at radius 3 is 2.20 bits per heavy atom. The minimum Gasteiger partial charge on any atom is -0.457 e. The highest BCUT2D eigenvalue weighted by Gasteiger charge is 2.38. The van der Waals surface area contributed by atoms with Crippen LogP contribution in [0.3, 0.4) is 0 Å². The molecular formula is C19H22F3NO2. The van der Waals surface area contributed by atoms with E-state index in [-0.39, 0.29) is 23.0 Å². The minimum absolute atomic E-state index is 0.0195. The molecule has 0 saturated carbocycles. The molecule has 1 aromatic rings. The van der Waals surface area contributed by atoms with Crippen molar-refractivity contribution in [1.82, 2.24) is 0 Å². The summed E-state index contributed by atoms with van der Waals surface area (Å²) in [5.74, 6) is -0.396. The van der Waals surface area contributed by atoms with Crippen LogP contribution in [0.4, 0.5) is 18.9 Å². The maximum atomic E-state index is 12.9. The topological polar surface area (TPSA) is 38.3 Å². The second-order valence-electron chi connectivity index (χ2n) is 4.49. The first kappa shape index (κ1) is 22.2. The van der Waals surface area contributed by atoms with E-state index in [9.17, 15) is 18.0 Å². The molecule has 0 radical (unpaired) electrons. The average Bonchev–Trinajstić information content (AvgIpc) is 2.54. The van der Waals surface area contributed by atoms with Crippen molar-refractivity contribution in [2.24, 2.45) is 0 Å². The van der Waals surface area contributed by atoms with Gasteiger partial charge in [-0.05, 0) is 18.2 Å². The molecule has 2 rings (SSSR count). The SMILES string of the molecule is C=C1C=C(C(F)(F)F)c2ccc(NC(C)=O)cc2O1.C=CC=C.CC. The van der Waals surface area contributed by atoms with Crippen molar-refractivity contribution in [2.75, 3.05) is 5.32 Å². The molecule has 0 atom stereocenters. The lowest BCUT2D eigenvalue weighted by Crippen LogP contribution is -2.16. The fraction of sp³-hybridized carbons (Fsp3) is 0.211. The van der Waals surface area contributed by atoms with Gasteiger partial charge in [0.05, 0.1) is 5.57 Å². The summed E-state index contributed by atoms with van der Waals surface area (Å²) < 4.78 is 43.8. The van der Waals surface area contributed by atoms with E-state index in [2.05, 4.69) is 25.1 Å². The largest absolute Gasteiger partial charge is 0.457 e. The van der Waals surface area contributed by atoms with Gasteiger partial charge in [0.2, 0.25) is 5.91 Å². The average molecular weight is 353 g/mol. The summed E-state index contributed by atoms with van der Waals surface area (Å²) in [5.41, 5.74) is -0.524. The normalized spacial score (nSPS) is 11.9. The summed E-state index contributed by atoms with van der Waals surface area (Å²) in [6.07, 6.45) is -0.364. The second-order valence-corrected chi connectivity index (χ2v) is 4.49. The van der Waals surface area contributed by atoms with Crippen LogP contribution in [0.2, 0.25) is 0 Å². The molecule has 1 aliphatic rings. The highest BCUT2D eigenvalue weighted by molar-refractivity contribution is 5.90. The number of carbonyl (C=O) groups is 1. The maximum absolute atomic E-state index is 12.9. The molecule has 0 unspecified atom stereocenters. The molecule has 0 aromatic heterocycles. The Bertz CT molecular complexity index is 668. The quantitative estimate of drug-likeness (QED) is 0.674. The smallest absolute Gasteiger partial charge is 0.417 e. The van der Waals surface area contributed by atoms with E-state index in [0.29, 0.717) is 5.69 Å². The first-order chi connectivity index (χ1) is 11.7. The predicted octanol–water partition coefficient (Wildman–Crippen LogP) is 5.88. The number of carbonyl (C=O) groups excluding carboxylic acids is 1. The Morgan fingerprint density at radius 1 is 1.20 bits per heavy atom. The Kier molecular flexibility index (Phi) is 9.05. The summed E-state index contributed by atoms with van der Waals surface area (Å²) in [4.78, 5) is 10.9. The van der Waals surface area contributed by atoms with Gasteiger partial charge in [0, 0.05) is 24.2 Å². The third-order valence-corrected chi connectivity index (χ3v) is 2.61. The van der Waals surface area contributed by atoms with Gasteiger partial charge in [0.15, 0.2) is 0 Å². The fourth-order valence-electron chi connectivity index (χ4n) is 1.75. The van der Waals surface area contributed by atoms with E-state index in [1.807, 2.05) is 13.8 Å². The molecule has 0 spiro atoms. The van der Waals surface area contributed by atoms with Gasteiger partial charge in [-0.15, -0.1) is 0 Å². The van der Waals surface area contributed by atoms with Crippen molar-refractivity contribution in [3.05, 3.63) is 67.5 Å². The van der Waals surface area contributed by atoms with Crippen molar-refractivity contribution < 1.29 is 22.7 Å². The highest BCUT2D eigenvalue weighted by atomic mass is 19.4. The lowest BCUT2D eigenvalue weighted by Gasteiger charge is -2.22. The van der Waals surface area contributed by atoms with E-state index in [1.165, 1.54) is 25.1 Å². The van der Waals surface area contributed by atoms with Crippen molar-refractivity contribution in [2.45, 2.75) is 26.9 Å². The number of hydrogen-bond acceptors (Lipinski definition) is 2. The number of alkyl halides is 3. The molecule has 1 amide bonds. The van der Waals surface area contributed by atoms with E-state index in [1.54, 1.807) is 12.2 Å². The number of nitrogens with one attached hydrogen (secondary N) is 1. The van der Waals surface area contributed by atoms with Gasteiger partial charge in [0.1, 0.15) is 11.5 Å². The number of amides is 1. The van der Waals surface area contributed by atoms with Gasteiger partial charge in [-0.2, -0.15) is 13.2 Å². The summed E-state index contributed by atoms with van der Waals surface area (Å²) in [5, 5.41) is 2.47. The monoisotopic (exact) mass is 353 g/mol. The summed E-state index contributed by atoms with van der Waals surface area (Å²) in [7, 11) is 0. The van der Waals surface area contributed by atoms with Crippen LogP contribution in [0, 0.1) is 0 Å². The van der Waals surface area contributed by atoms with Crippen molar-refractivity contribution in [3.8, 4) is 5.75 Å². The van der Waals surface area contributed by atoms with Gasteiger partial charge in [-0.3, -0.25) is 4.79 Å². The zero-order valence-electron chi connectivity index (χ0n) is 14.5. The van der Waals surface area contributed by atoms with Crippen molar-refractivity contribution in [3.63, 3.8) is 0 Å². The third kappa shape index (κ3) is 7.12. The van der Waals surface area contributed by atoms with Crippen LogP contribution in [0.5, 0.6) is 5.75 Å². The summed E-state index contributed by atoms with van der Waals surface area (Å²) in [6.45, 7) is 15.4. The molecule has 0 aliphatic carbocycles. The molecular weight excluding hydrogens is 331 g/mol. The molecule has 0 bridgehead atoms. The number of halogens is 3. The number of allylic oxidation sites excluding steroid dienone is 4. The van der Waals surface area contributed by atoms with E-state index >= 15 is 0 Å². The Hall–Kier alpha value is -2.76. The number of benzene rings is 1. The van der Waals surface area contributed by atoms with Crippen LogP contribution in [-0.4, -0.2) is 12.1 Å². The van der Waals surface area contributed by atoms with Crippen LogP contribution >= 0.6 is 0 Å². The van der Waals surface area contributed by atoms with Crippen LogP contribution in [0.15, 0.2) is 61.9 Å². The number of fused-ring (bicyclic) bond motifs is 1. The van der Waals surface area contributed by atoms with Crippen LogP contribution in [0.25, 0.3) is 5.57 Å². The summed E-state index contributed by atoms with van der Waals surface area (Å²) >= 11 is 0. The molecule has 1 N–H and O–H groups in total. The number of rotatable bonds is 2. The van der Waals surface area contributed by atoms with Gasteiger partial charge in [0.25, 0.3) is 0 Å². The van der Waals surface area contributed by atoms with E-state index in [4.69, 9.17) is 4.74 Å². The number of ether oxygens (including phenoxy) is 1. The number of hydrogen-bond donors (Lipinski definition) is 1. The van der Waals surface area contributed by atoms with Gasteiger partial charge in [-0.1, -0.05) is 45.7 Å². The zero-order chi connectivity index (χ0) is 19.6. The fourth-order valence-corrected chi connectivity index (χ4v) is 1.75. The highest BCUT2D eigenvalue weighted by Crippen LogP contribution is 2.43. The Balaban J connectivity index is 0.000000845. The molecule has 1 heterocycles. The lowest BCUT2D eigenvalue weighted by atomic mass is 10.0. The zero-order valence-corrected chi connectivity index (χ0v) is 14.5. The van der Waals surface area contributed by atoms with E-state index in [0.717, 1.165) is 6.08 Å². The molecule has 136 valence electrons. The van der Waals surface area contributed by atoms with Crippen LogP contribution in [0.1, 0.15) is 26.3 Å². The first-order valence-corrected chi connectivity index (χ1v) is 7.50. The molecule has 25 heavy (non-hydrogen) atoms. The lowest BCUT2D eigenvalue weighted by molar-refractivity contribution is -0.114. The number of anilines is 1. The Labute approximate surface area is 146 Å². The summed E-state index contributed by atoms with van der Waals surface area (Å²) in [6, 6.07) is 3.98. The van der Waals surface area contributed by atoms with E-state index < -0.39 is 11.7 Å². The molecule has 0 fully saturated rings. The van der Waals surface area contributed by atoms with Crippen LogP contribution < -0.4 is 10.1 Å². The van der Waals surface area contributed by atoms with Crippen molar-refractivity contribution >= 4 is 17.2 Å². The maximum Gasteiger partial charge on any atom is 0.417 e. The predicted molar refractivity (Wildman–Crippen MR) is 96.3 cm³/mol. The molecule has 6 heteroatoms. The molecule has 3 nitrogen and oxygen atoms in total. The Morgan fingerprint density at radius 2 is 1.76 bits per heavy atom. The van der Waals surface area contributed by atoms with Gasteiger partial charge < -0.3 is 10.1 Å². The van der Waals surface area contributed by atoms with Gasteiger partial charge >= 0.3 is 6.18 Å². The second kappa shape index (κ2) is 10.2. The van der Waals surface area contributed by atoms with Crippen LogP contribution in [-0.2, 0) is 4.79 Å². The molecule has 1 aliphatic heterocycles. The minimum atomic E-state index is -4.49. The molecule has 1 aromatic carbocycles. The first-order valence-electron chi connectivity index (χ1n) is 7.50. The van der Waals surface area contributed by atoms with Crippen molar-refractivity contribution in [1.29, 1.82) is 0 Å². The third-order valence-electron chi connectivity index (χ3n) is 2.61. The molecule has 0 saturated heterocycles. The van der Waals surface area contributed by atoms with Gasteiger partial charge in [-0.25, -0.2) is 0 Å².